The molecule has 3 nitrogen and oxygen atoms in total. The van der Waals surface area contributed by atoms with Crippen LogP contribution in [0.1, 0.15) is 12.5 Å². The Labute approximate surface area is 87.9 Å². The highest BCUT2D eigenvalue weighted by Gasteiger charge is 2.02. The van der Waals surface area contributed by atoms with E-state index in [-0.39, 0.29) is 0 Å². The van der Waals surface area contributed by atoms with E-state index in [9.17, 15) is 0 Å². The molecule has 74 valence electrons. The first-order chi connectivity index (χ1) is 6.63. The number of aliphatic hydroxyl groups excluding tert-OH is 1. The Morgan fingerprint density at radius 3 is 2.86 bits per heavy atom. The number of hydrogen-bond acceptors (Lipinski definition) is 3. The maximum atomic E-state index is 9.05. The van der Waals surface area contributed by atoms with Gasteiger partial charge in [0.25, 0.3) is 0 Å². The molecular weight excluding hydrogens is 200 g/mol. The van der Waals surface area contributed by atoms with Crippen molar-refractivity contribution in [2.75, 3.05) is 11.9 Å². The molecule has 0 amide bonds. The van der Waals surface area contributed by atoms with Crippen LogP contribution in [0.15, 0.2) is 18.2 Å². The molecule has 0 saturated heterocycles. The van der Waals surface area contributed by atoms with Crippen molar-refractivity contribution in [1.82, 2.24) is 0 Å². The lowest BCUT2D eigenvalue weighted by atomic mass is 10.2. The lowest BCUT2D eigenvalue weighted by molar-refractivity contribution is 0.208. The Morgan fingerprint density at radius 2 is 2.36 bits per heavy atom. The van der Waals surface area contributed by atoms with Gasteiger partial charge in [-0.05, 0) is 25.1 Å². The molecular formula is C10H11ClN2O. The number of rotatable bonds is 3. The number of halogens is 1. The van der Waals surface area contributed by atoms with Crippen LogP contribution in [-0.2, 0) is 0 Å². The first-order valence-electron chi connectivity index (χ1n) is 4.25. The van der Waals surface area contributed by atoms with Crippen molar-refractivity contribution in [3.05, 3.63) is 28.8 Å². The van der Waals surface area contributed by atoms with Crippen LogP contribution in [0.4, 0.5) is 5.69 Å². The molecule has 0 saturated carbocycles. The molecule has 4 heteroatoms. The van der Waals surface area contributed by atoms with Gasteiger partial charge >= 0.3 is 0 Å². The van der Waals surface area contributed by atoms with Gasteiger partial charge in [-0.3, -0.25) is 0 Å². The van der Waals surface area contributed by atoms with Gasteiger partial charge in [-0.15, -0.1) is 0 Å². The molecule has 0 aliphatic carbocycles. The van der Waals surface area contributed by atoms with E-state index in [0.717, 1.165) is 5.69 Å². The van der Waals surface area contributed by atoms with Gasteiger partial charge in [0.2, 0.25) is 0 Å². The number of nitrogens with zero attached hydrogens (tertiary/aromatic N) is 1. The highest BCUT2D eigenvalue weighted by molar-refractivity contribution is 6.33. The van der Waals surface area contributed by atoms with E-state index >= 15 is 0 Å². The Morgan fingerprint density at radius 1 is 1.64 bits per heavy atom. The third-order valence-corrected chi connectivity index (χ3v) is 2.00. The van der Waals surface area contributed by atoms with E-state index in [1.165, 1.54) is 0 Å². The van der Waals surface area contributed by atoms with Gasteiger partial charge in [-0.25, -0.2) is 0 Å². The van der Waals surface area contributed by atoms with E-state index in [2.05, 4.69) is 5.32 Å². The van der Waals surface area contributed by atoms with Gasteiger partial charge < -0.3 is 10.4 Å². The van der Waals surface area contributed by atoms with Crippen LogP contribution >= 0.6 is 11.6 Å². The summed E-state index contributed by atoms with van der Waals surface area (Å²) in [6, 6.07) is 6.99. The summed E-state index contributed by atoms with van der Waals surface area (Å²) < 4.78 is 0. The highest BCUT2D eigenvalue weighted by Crippen LogP contribution is 2.22. The molecule has 14 heavy (non-hydrogen) atoms. The van der Waals surface area contributed by atoms with Crippen LogP contribution in [-0.4, -0.2) is 17.8 Å². The first-order valence-corrected chi connectivity index (χ1v) is 4.63. The van der Waals surface area contributed by atoms with E-state index in [0.29, 0.717) is 17.1 Å². The van der Waals surface area contributed by atoms with Crippen molar-refractivity contribution in [2.45, 2.75) is 13.0 Å². The van der Waals surface area contributed by atoms with Crippen molar-refractivity contribution in [1.29, 1.82) is 5.26 Å². The lowest BCUT2D eigenvalue weighted by Gasteiger charge is -2.09. The average Bonchev–Trinajstić information content (AvgIpc) is 2.15. The minimum atomic E-state index is -0.429. The molecule has 0 bridgehead atoms. The third-order valence-electron chi connectivity index (χ3n) is 1.69. The second-order valence-corrected chi connectivity index (χ2v) is 3.44. The minimum absolute atomic E-state index is 0.429. The molecule has 0 spiro atoms. The first kappa shape index (κ1) is 10.8. The topological polar surface area (TPSA) is 56.0 Å². The monoisotopic (exact) mass is 210 g/mol. The molecule has 0 aliphatic rings. The summed E-state index contributed by atoms with van der Waals surface area (Å²) in [5.41, 5.74) is 1.25. The van der Waals surface area contributed by atoms with Gasteiger partial charge in [0.05, 0.1) is 28.4 Å². The van der Waals surface area contributed by atoms with Crippen LogP contribution in [0.2, 0.25) is 5.02 Å². The molecule has 1 rings (SSSR count). The maximum Gasteiger partial charge on any atom is 0.0992 e. The maximum absolute atomic E-state index is 9.05. The summed E-state index contributed by atoms with van der Waals surface area (Å²) in [7, 11) is 0. The lowest BCUT2D eigenvalue weighted by Crippen LogP contribution is -2.15. The van der Waals surface area contributed by atoms with Crippen molar-refractivity contribution in [2.24, 2.45) is 0 Å². The van der Waals surface area contributed by atoms with E-state index in [4.69, 9.17) is 22.0 Å². The number of nitriles is 1. The summed E-state index contributed by atoms with van der Waals surface area (Å²) in [6.45, 7) is 2.12. The number of aliphatic hydroxyl groups is 1. The number of benzene rings is 1. The Kier molecular flexibility index (Phi) is 3.75. The summed E-state index contributed by atoms with van der Waals surface area (Å²) in [4.78, 5) is 0. The third kappa shape index (κ3) is 2.91. The molecule has 0 heterocycles. The zero-order chi connectivity index (χ0) is 10.6. The number of hydrogen-bond donors (Lipinski definition) is 2. The fourth-order valence-corrected chi connectivity index (χ4v) is 1.23. The summed E-state index contributed by atoms with van der Waals surface area (Å²) >= 11 is 5.90. The van der Waals surface area contributed by atoms with Gasteiger partial charge in [0.15, 0.2) is 0 Å². The molecule has 0 radical (unpaired) electrons. The molecule has 0 aromatic heterocycles. The van der Waals surface area contributed by atoms with Gasteiger partial charge in [0, 0.05) is 6.54 Å². The van der Waals surface area contributed by atoms with Gasteiger partial charge in [-0.2, -0.15) is 5.26 Å². The standard InChI is InChI=1S/C10H11ClN2O/c1-7(14)6-13-10-3-2-8(5-12)4-9(10)11/h2-4,7,13-14H,6H2,1H3/t7-/m0/s1. The number of anilines is 1. The molecule has 1 aromatic carbocycles. The predicted octanol–water partition coefficient (Wildman–Crippen LogP) is 2.00. The van der Waals surface area contributed by atoms with Gasteiger partial charge in [0.1, 0.15) is 0 Å². The summed E-state index contributed by atoms with van der Waals surface area (Å²) in [6.07, 6.45) is -0.429. The smallest absolute Gasteiger partial charge is 0.0992 e. The predicted molar refractivity (Wildman–Crippen MR) is 56.3 cm³/mol. The largest absolute Gasteiger partial charge is 0.392 e. The zero-order valence-electron chi connectivity index (χ0n) is 7.79. The van der Waals surface area contributed by atoms with Crippen molar-refractivity contribution >= 4 is 17.3 Å². The van der Waals surface area contributed by atoms with Crippen molar-refractivity contribution in [3.63, 3.8) is 0 Å². The molecule has 0 fully saturated rings. The molecule has 2 N–H and O–H groups in total. The van der Waals surface area contributed by atoms with Crippen LogP contribution < -0.4 is 5.32 Å². The highest BCUT2D eigenvalue weighted by atomic mass is 35.5. The van der Waals surface area contributed by atoms with E-state index < -0.39 is 6.10 Å². The van der Waals surface area contributed by atoms with Gasteiger partial charge in [-0.1, -0.05) is 11.6 Å². The summed E-state index contributed by atoms with van der Waals surface area (Å²) in [5.74, 6) is 0. The Bertz CT molecular complexity index is 358. The van der Waals surface area contributed by atoms with E-state index in [1.54, 1.807) is 25.1 Å². The molecule has 0 unspecified atom stereocenters. The minimum Gasteiger partial charge on any atom is -0.392 e. The van der Waals surface area contributed by atoms with Crippen LogP contribution in [0.3, 0.4) is 0 Å². The SMILES string of the molecule is C[C@H](O)CNc1ccc(C#N)cc1Cl. The van der Waals surface area contributed by atoms with Crippen LogP contribution in [0.5, 0.6) is 0 Å². The average molecular weight is 211 g/mol. The second kappa shape index (κ2) is 4.85. The fraction of sp³-hybridized carbons (Fsp3) is 0.300. The normalized spacial score (nSPS) is 11.9. The van der Waals surface area contributed by atoms with E-state index in [1.807, 2.05) is 6.07 Å². The molecule has 0 aliphatic heterocycles. The van der Waals surface area contributed by atoms with Crippen molar-refractivity contribution in [3.8, 4) is 6.07 Å². The van der Waals surface area contributed by atoms with Crippen LogP contribution in [0, 0.1) is 11.3 Å². The quantitative estimate of drug-likeness (QED) is 0.803. The summed E-state index contributed by atoms with van der Waals surface area (Å²) in [5, 5.41) is 21.1. The Balaban J connectivity index is 2.75. The zero-order valence-corrected chi connectivity index (χ0v) is 8.54. The second-order valence-electron chi connectivity index (χ2n) is 3.04. The number of nitrogens with one attached hydrogen (secondary N) is 1. The van der Waals surface area contributed by atoms with Crippen molar-refractivity contribution < 1.29 is 5.11 Å². The fourth-order valence-electron chi connectivity index (χ4n) is 0.986. The molecule has 1 atom stereocenters. The molecule has 1 aromatic rings. The Hall–Kier alpha value is -1.24. The van der Waals surface area contributed by atoms with Crippen LogP contribution in [0.25, 0.3) is 0 Å².